The van der Waals surface area contributed by atoms with Gasteiger partial charge in [0.1, 0.15) is 0 Å². The van der Waals surface area contributed by atoms with Gasteiger partial charge in [0.05, 0.1) is 6.10 Å². The van der Waals surface area contributed by atoms with E-state index in [1.807, 2.05) is 6.92 Å². The van der Waals surface area contributed by atoms with Crippen LogP contribution >= 0.6 is 0 Å². The molecular formula is C30H54F2O. The average molecular weight is 469 g/mol. The van der Waals surface area contributed by atoms with Crippen molar-refractivity contribution in [2.24, 2.45) is 17.8 Å². The average Bonchev–Trinajstić information content (AvgIpc) is 2.80. The second kappa shape index (κ2) is 14.3. The van der Waals surface area contributed by atoms with E-state index in [1.54, 1.807) is 12.1 Å². The van der Waals surface area contributed by atoms with Crippen molar-refractivity contribution in [3.63, 3.8) is 0 Å². The molecular weight excluding hydrogens is 414 g/mol. The van der Waals surface area contributed by atoms with E-state index in [0.717, 1.165) is 55.4 Å². The summed E-state index contributed by atoms with van der Waals surface area (Å²) in [5.74, 6) is 1.69. The summed E-state index contributed by atoms with van der Waals surface area (Å²) < 4.78 is 35.2. The fourth-order valence-corrected chi connectivity index (χ4v) is 6.33. The Bertz CT molecular complexity index is 660. The molecule has 1 unspecified atom stereocenters. The molecule has 1 aromatic rings. The number of halogens is 2. The molecule has 1 nitrogen and oxygen atoms in total. The maximum atomic E-state index is 14.8. The van der Waals surface area contributed by atoms with E-state index < -0.39 is 11.6 Å². The quantitative estimate of drug-likeness (QED) is 0.293. The second-order valence-corrected chi connectivity index (χ2v) is 10.8. The molecule has 3 rings (SSSR count). The molecule has 2 saturated carbocycles. The molecule has 0 saturated heterocycles. The number of hydrogen-bond donors (Lipinski definition) is 0. The molecule has 1 atom stereocenters. The van der Waals surface area contributed by atoms with Gasteiger partial charge < -0.3 is 4.74 Å². The molecule has 2 fully saturated rings. The number of benzene rings is 1. The monoisotopic (exact) mass is 468 g/mol. The Morgan fingerprint density at radius 1 is 0.848 bits per heavy atom. The predicted octanol–water partition coefficient (Wildman–Crippen LogP) is 10.7. The molecule has 0 aliphatic heterocycles. The van der Waals surface area contributed by atoms with Gasteiger partial charge in [-0.3, -0.25) is 0 Å². The van der Waals surface area contributed by atoms with Crippen LogP contribution in [0.3, 0.4) is 0 Å². The maximum Gasteiger partial charge on any atom is 0.191 e. The largest absolute Gasteiger partial charge is 0.485 e. The van der Waals surface area contributed by atoms with Crippen molar-refractivity contribution in [1.29, 1.82) is 0 Å². The van der Waals surface area contributed by atoms with Crippen molar-refractivity contribution >= 4 is 0 Å². The third-order valence-electron chi connectivity index (χ3n) is 8.30. The number of unbranched alkanes of at least 4 members (excludes halogenated alkanes) is 3. The Morgan fingerprint density at radius 3 is 1.97 bits per heavy atom. The highest BCUT2D eigenvalue weighted by Gasteiger charge is 2.31. The molecule has 0 spiro atoms. The lowest BCUT2D eigenvalue weighted by Crippen LogP contribution is -2.25. The minimum atomic E-state index is -0.531. The van der Waals surface area contributed by atoms with E-state index in [-0.39, 0.29) is 28.1 Å². The normalized spacial score (nSPS) is 26.5. The molecule has 33 heavy (non-hydrogen) atoms. The van der Waals surface area contributed by atoms with Crippen LogP contribution in [0.4, 0.5) is 8.78 Å². The minimum absolute atomic E-state index is 0. The number of hydrogen-bond acceptors (Lipinski definition) is 1. The van der Waals surface area contributed by atoms with Crippen LogP contribution in [0.15, 0.2) is 12.1 Å². The fraction of sp³-hybridized carbons (Fsp3) is 0.800. The maximum absolute atomic E-state index is 14.8. The predicted molar refractivity (Wildman–Crippen MR) is 141 cm³/mol. The molecule has 0 bridgehead atoms. The van der Waals surface area contributed by atoms with Crippen LogP contribution in [0, 0.1) is 29.4 Å². The van der Waals surface area contributed by atoms with Crippen molar-refractivity contribution in [2.45, 2.75) is 137 Å². The number of rotatable bonds is 11. The highest BCUT2D eigenvalue weighted by molar-refractivity contribution is 5.33. The third kappa shape index (κ3) is 8.25. The SMILES string of the molecule is C.CCCCCCC(C)Oc1c(F)cc(C2CCC(C3CCC(CCC)CC3)CC2)cc1F.[HH].[HH]. The summed E-state index contributed by atoms with van der Waals surface area (Å²) in [6, 6.07) is 3.09. The molecule has 0 radical (unpaired) electrons. The smallest absolute Gasteiger partial charge is 0.191 e. The van der Waals surface area contributed by atoms with Crippen LogP contribution in [0.1, 0.15) is 139 Å². The van der Waals surface area contributed by atoms with E-state index in [1.165, 1.54) is 64.2 Å². The van der Waals surface area contributed by atoms with Gasteiger partial charge in [0.2, 0.25) is 0 Å². The summed E-state index contributed by atoms with van der Waals surface area (Å²) in [4.78, 5) is 0. The Balaban J connectivity index is 0.00000385. The standard InChI is InChI=1S/C29H46F2O.CH4.2H2/c1-4-6-7-8-10-21(3)32-29-27(30)19-26(20-28(29)31)25-17-15-24(16-18-25)23-13-11-22(9-5-2)12-14-23;;;/h19-25H,4-18H2,1-3H3;1H4;2*1H. The van der Waals surface area contributed by atoms with Gasteiger partial charge in [0.25, 0.3) is 0 Å². The molecule has 1 aromatic carbocycles. The summed E-state index contributed by atoms with van der Waals surface area (Å²) in [5, 5.41) is 0. The van der Waals surface area contributed by atoms with Crippen LogP contribution in [0.5, 0.6) is 5.75 Å². The lowest BCUT2D eigenvalue weighted by atomic mass is 9.68. The van der Waals surface area contributed by atoms with Gasteiger partial charge in [-0.25, -0.2) is 8.78 Å². The van der Waals surface area contributed by atoms with E-state index in [4.69, 9.17) is 4.74 Å². The van der Waals surface area contributed by atoms with Gasteiger partial charge in [0.15, 0.2) is 17.4 Å². The van der Waals surface area contributed by atoms with Gasteiger partial charge in [-0.15, -0.1) is 0 Å². The Morgan fingerprint density at radius 2 is 1.42 bits per heavy atom. The van der Waals surface area contributed by atoms with Crippen molar-refractivity contribution in [2.75, 3.05) is 0 Å². The first kappa shape index (κ1) is 28.1. The topological polar surface area (TPSA) is 9.23 Å². The van der Waals surface area contributed by atoms with Crippen LogP contribution < -0.4 is 4.74 Å². The zero-order valence-electron chi connectivity index (χ0n) is 20.8. The Kier molecular flexibility index (Phi) is 12.2. The van der Waals surface area contributed by atoms with Crippen LogP contribution in [0.25, 0.3) is 0 Å². The molecule has 0 amide bonds. The number of ether oxygens (including phenoxy) is 1. The highest BCUT2D eigenvalue weighted by atomic mass is 19.1. The zero-order valence-corrected chi connectivity index (χ0v) is 20.8. The minimum Gasteiger partial charge on any atom is -0.485 e. The van der Waals surface area contributed by atoms with Gasteiger partial charge >= 0.3 is 0 Å². The van der Waals surface area contributed by atoms with E-state index in [2.05, 4.69) is 13.8 Å². The zero-order chi connectivity index (χ0) is 22.9. The fourth-order valence-electron chi connectivity index (χ4n) is 6.33. The molecule has 3 heteroatoms. The first-order chi connectivity index (χ1) is 15.5. The Labute approximate surface area is 206 Å². The Hall–Kier alpha value is -1.12. The second-order valence-electron chi connectivity index (χ2n) is 10.8. The molecule has 0 heterocycles. The van der Waals surface area contributed by atoms with E-state index in [0.29, 0.717) is 0 Å². The third-order valence-corrected chi connectivity index (χ3v) is 8.30. The lowest BCUT2D eigenvalue weighted by molar-refractivity contribution is 0.156. The summed E-state index contributed by atoms with van der Waals surface area (Å²) in [6.07, 6.45) is 18.1. The first-order valence-electron chi connectivity index (χ1n) is 13.7. The van der Waals surface area contributed by atoms with E-state index >= 15 is 0 Å². The van der Waals surface area contributed by atoms with Gasteiger partial charge in [0, 0.05) is 2.85 Å². The summed E-state index contributed by atoms with van der Waals surface area (Å²) >= 11 is 0. The lowest BCUT2D eigenvalue weighted by Gasteiger charge is -2.38. The van der Waals surface area contributed by atoms with Crippen molar-refractivity contribution in [3.8, 4) is 5.75 Å². The van der Waals surface area contributed by atoms with Crippen LogP contribution in [-0.4, -0.2) is 6.10 Å². The van der Waals surface area contributed by atoms with E-state index in [9.17, 15) is 8.78 Å². The first-order valence-corrected chi connectivity index (χ1v) is 13.7. The van der Waals surface area contributed by atoms with Gasteiger partial charge in [-0.2, -0.15) is 0 Å². The highest BCUT2D eigenvalue weighted by Crippen LogP contribution is 2.45. The van der Waals surface area contributed by atoms with Gasteiger partial charge in [-0.05, 0) is 99.7 Å². The summed E-state index contributed by atoms with van der Waals surface area (Å²) in [5.41, 5.74) is 0.827. The molecule has 0 aromatic heterocycles. The molecule has 2 aliphatic rings. The molecule has 0 N–H and O–H groups in total. The van der Waals surface area contributed by atoms with Crippen molar-refractivity contribution < 1.29 is 16.4 Å². The summed E-state index contributed by atoms with van der Waals surface area (Å²) in [7, 11) is 0. The molecule has 2 aliphatic carbocycles. The molecule has 194 valence electrons. The van der Waals surface area contributed by atoms with Crippen molar-refractivity contribution in [3.05, 3.63) is 29.3 Å². The van der Waals surface area contributed by atoms with Crippen LogP contribution in [-0.2, 0) is 0 Å². The van der Waals surface area contributed by atoms with Crippen LogP contribution in [0.2, 0.25) is 0 Å². The van der Waals surface area contributed by atoms with Crippen molar-refractivity contribution in [1.82, 2.24) is 0 Å². The van der Waals surface area contributed by atoms with Gasteiger partial charge in [-0.1, -0.05) is 66.2 Å². The summed E-state index contributed by atoms with van der Waals surface area (Å²) in [6.45, 7) is 6.39.